The molecule has 0 saturated heterocycles. The van der Waals surface area contributed by atoms with Crippen LogP contribution in [0.5, 0.6) is 0 Å². The quantitative estimate of drug-likeness (QED) is 0.460. The summed E-state index contributed by atoms with van der Waals surface area (Å²) in [4.78, 5) is 22.1. The molecule has 118 valence electrons. The highest BCUT2D eigenvalue weighted by Crippen LogP contribution is 2.27. The second kappa shape index (κ2) is 7.53. The monoisotopic (exact) mass is 304 g/mol. The Hall–Kier alpha value is -2.44. The number of rotatable bonds is 7. The molecule has 2 amide bonds. The van der Waals surface area contributed by atoms with Gasteiger partial charge in [0, 0.05) is 24.2 Å². The average molecular weight is 304 g/mol. The van der Waals surface area contributed by atoms with Crippen molar-refractivity contribution >= 4 is 17.4 Å². The lowest BCUT2D eigenvalue weighted by atomic mass is 10.1. The molecule has 0 spiro atoms. The molecule has 0 radical (unpaired) electrons. The predicted octanol–water partition coefficient (Wildman–Crippen LogP) is 2.81. The maximum Gasteiger partial charge on any atom is 0.335 e. The number of hydrogen-bond donors (Lipinski definition) is 2. The normalized spacial score (nSPS) is 14.5. The smallest absolute Gasteiger partial charge is 0.335 e. The maximum absolute atomic E-state index is 11.7. The van der Waals surface area contributed by atoms with Gasteiger partial charge < -0.3 is 5.32 Å². The first kappa shape index (κ1) is 15.9. The van der Waals surface area contributed by atoms with Crippen LogP contribution in [0.15, 0.2) is 29.4 Å². The lowest BCUT2D eigenvalue weighted by Crippen LogP contribution is -2.34. The number of non-ortho nitro benzene ring substituents is 1. The van der Waals surface area contributed by atoms with E-state index >= 15 is 0 Å². The van der Waals surface area contributed by atoms with Crippen LogP contribution in [0.2, 0.25) is 0 Å². The zero-order valence-corrected chi connectivity index (χ0v) is 12.5. The molecule has 1 aromatic rings. The van der Waals surface area contributed by atoms with Crippen LogP contribution in [0.4, 0.5) is 10.5 Å². The number of urea groups is 1. The molecule has 7 nitrogen and oxygen atoms in total. The Balaban J connectivity index is 2.03. The third-order valence-corrected chi connectivity index (χ3v) is 3.42. The van der Waals surface area contributed by atoms with Gasteiger partial charge in [0.25, 0.3) is 5.69 Å². The van der Waals surface area contributed by atoms with Crippen LogP contribution in [-0.2, 0) is 0 Å². The van der Waals surface area contributed by atoms with Crippen LogP contribution in [0.25, 0.3) is 0 Å². The number of amides is 2. The highest BCUT2D eigenvalue weighted by Gasteiger charge is 2.21. The van der Waals surface area contributed by atoms with Gasteiger partial charge in [-0.3, -0.25) is 10.1 Å². The number of nitrogens with zero attached hydrogens (tertiary/aromatic N) is 2. The zero-order valence-electron chi connectivity index (χ0n) is 12.5. The van der Waals surface area contributed by atoms with Gasteiger partial charge in [-0.1, -0.05) is 25.5 Å². The number of nitro benzene ring substituents is 1. The third-order valence-electron chi connectivity index (χ3n) is 3.42. The lowest BCUT2D eigenvalue weighted by molar-refractivity contribution is -0.384. The lowest BCUT2D eigenvalue weighted by Gasteiger charge is -2.07. The molecule has 2 N–H and O–H groups in total. The first-order chi connectivity index (χ1) is 10.6. The van der Waals surface area contributed by atoms with E-state index in [9.17, 15) is 14.9 Å². The molecule has 0 aliphatic heterocycles. The van der Waals surface area contributed by atoms with E-state index < -0.39 is 4.92 Å². The molecule has 1 aliphatic carbocycles. The predicted molar refractivity (Wildman–Crippen MR) is 83.8 cm³/mol. The number of hydrogen-bond acceptors (Lipinski definition) is 4. The van der Waals surface area contributed by atoms with E-state index in [-0.39, 0.29) is 11.7 Å². The largest absolute Gasteiger partial charge is 0.336 e. The fourth-order valence-electron chi connectivity index (χ4n) is 2.02. The molecule has 2 rings (SSSR count). The average Bonchev–Trinajstić information content (AvgIpc) is 3.33. The Labute approximate surface area is 128 Å². The van der Waals surface area contributed by atoms with Gasteiger partial charge in [-0.2, -0.15) is 5.10 Å². The van der Waals surface area contributed by atoms with E-state index in [0.717, 1.165) is 19.3 Å². The van der Waals surface area contributed by atoms with Crippen LogP contribution in [0.1, 0.15) is 38.2 Å². The Morgan fingerprint density at radius 2 is 2.23 bits per heavy atom. The van der Waals surface area contributed by atoms with Crippen LogP contribution < -0.4 is 10.7 Å². The molecule has 0 unspecified atom stereocenters. The molecule has 0 atom stereocenters. The number of carbonyl (C=O) groups is 1. The first-order valence-corrected chi connectivity index (χ1v) is 7.45. The van der Waals surface area contributed by atoms with Gasteiger partial charge in [0.15, 0.2) is 0 Å². The molecule has 7 heteroatoms. The van der Waals surface area contributed by atoms with Gasteiger partial charge in [-0.05, 0) is 25.2 Å². The molecule has 1 fully saturated rings. The van der Waals surface area contributed by atoms with Gasteiger partial charge in [-0.15, -0.1) is 0 Å². The SMILES string of the molecule is CCCC(=NNC(=O)NCC1CC1)c1cccc([N+](=O)[O-])c1. The van der Waals surface area contributed by atoms with Gasteiger partial charge in [0.1, 0.15) is 0 Å². The van der Waals surface area contributed by atoms with Crippen LogP contribution in [0.3, 0.4) is 0 Å². The van der Waals surface area contributed by atoms with E-state index in [1.165, 1.54) is 12.1 Å². The Morgan fingerprint density at radius 3 is 2.86 bits per heavy atom. The third kappa shape index (κ3) is 4.83. The van der Waals surface area contributed by atoms with Crippen molar-refractivity contribution in [1.29, 1.82) is 0 Å². The minimum absolute atomic E-state index is 0.0134. The standard InChI is InChI=1S/C15H20N4O3/c1-2-4-14(12-5-3-6-13(9-12)19(21)22)17-18-15(20)16-10-11-7-8-11/h3,5-6,9,11H,2,4,7-8,10H2,1H3,(H2,16,18,20). The van der Waals surface area contributed by atoms with Gasteiger partial charge >= 0.3 is 6.03 Å². The molecule has 1 saturated carbocycles. The second-order valence-electron chi connectivity index (χ2n) is 5.38. The minimum atomic E-state index is -0.442. The number of benzene rings is 1. The summed E-state index contributed by atoms with van der Waals surface area (Å²) in [6.07, 6.45) is 3.79. The van der Waals surface area contributed by atoms with Crippen LogP contribution >= 0.6 is 0 Å². The van der Waals surface area contributed by atoms with Crippen molar-refractivity contribution in [2.75, 3.05) is 6.54 Å². The molecule has 0 heterocycles. The molecular formula is C15H20N4O3. The number of carbonyl (C=O) groups excluding carboxylic acids is 1. The number of hydrazone groups is 1. The fraction of sp³-hybridized carbons (Fsp3) is 0.467. The summed E-state index contributed by atoms with van der Waals surface area (Å²) in [6.45, 7) is 2.65. The first-order valence-electron chi connectivity index (χ1n) is 7.45. The van der Waals surface area contributed by atoms with Crippen molar-refractivity contribution < 1.29 is 9.72 Å². The summed E-state index contributed by atoms with van der Waals surface area (Å²) in [5.74, 6) is 0.599. The van der Waals surface area contributed by atoms with Gasteiger partial charge in [0.05, 0.1) is 10.6 Å². The van der Waals surface area contributed by atoms with Crippen molar-refractivity contribution in [1.82, 2.24) is 10.7 Å². The number of nitro groups is 1. The van der Waals surface area contributed by atoms with E-state index in [1.54, 1.807) is 12.1 Å². The van der Waals surface area contributed by atoms with E-state index in [1.807, 2.05) is 6.92 Å². The minimum Gasteiger partial charge on any atom is -0.336 e. The van der Waals surface area contributed by atoms with Crippen molar-refractivity contribution in [3.63, 3.8) is 0 Å². The van der Waals surface area contributed by atoms with Crippen molar-refractivity contribution in [3.05, 3.63) is 39.9 Å². The Kier molecular flexibility index (Phi) is 5.46. The van der Waals surface area contributed by atoms with Gasteiger partial charge in [0.2, 0.25) is 0 Å². The topological polar surface area (TPSA) is 96.6 Å². The summed E-state index contributed by atoms with van der Waals surface area (Å²) >= 11 is 0. The van der Waals surface area contributed by atoms with E-state index in [4.69, 9.17) is 0 Å². The van der Waals surface area contributed by atoms with Crippen LogP contribution in [0, 0.1) is 16.0 Å². The molecule has 1 aromatic carbocycles. The van der Waals surface area contributed by atoms with Crippen molar-refractivity contribution in [2.45, 2.75) is 32.6 Å². The van der Waals surface area contributed by atoms with E-state index in [0.29, 0.717) is 30.2 Å². The van der Waals surface area contributed by atoms with E-state index in [2.05, 4.69) is 15.8 Å². The Morgan fingerprint density at radius 1 is 1.45 bits per heavy atom. The summed E-state index contributed by atoms with van der Waals surface area (Å²) in [5.41, 5.74) is 3.76. The summed E-state index contributed by atoms with van der Waals surface area (Å²) in [5, 5.41) is 17.7. The molecule has 1 aliphatic rings. The molecule has 0 aromatic heterocycles. The molecule has 22 heavy (non-hydrogen) atoms. The van der Waals surface area contributed by atoms with Crippen molar-refractivity contribution in [3.8, 4) is 0 Å². The second-order valence-corrected chi connectivity index (χ2v) is 5.38. The Bertz CT molecular complexity index is 582. The summed E-state index contributed by atoms with van der Waals surface area (Å²) < 4.78 is 0. The molecular weight excluding hydrogens is 284 g/mol. The molecule has 0 bridgehead atoms. The highest BCUT2D eigenvalue weighted by molar-refractivity contribution is 6.01. The zero-order chi connectivity index (χ0) is 15.9. The summed E-state index contributed by atoms with van der Waals surface area (Å²) in [7, 11) is 0. The summed E-state index contributed by atoms with van der Waals surface area (Å²) in [6, 6.07) is 5.93. The van der Waals surface area contributed by atoms with Crippen LogP contribution in [-0.4, -0.2) is 23.2 Å². The maximum atomic E-state index is 11.7. The number of nitrogens with one attached hydrogen (secondary N) is 2. The fourth-order valence-corrected chi connectivity index (χ4v) is 2.02. The highest BCUT2D eigenvalue weighted by atomic mass is 16.6. The van der Waals surface area contributed by atoms with Gasteiger partial charge in [-0.25, -0.2) is 10.2 Å². The van der Waals surface area contributed by atoms with Crippen molar-refractivity contribution in [2.24, 2.45) is 11.0 Å².